The van der Waals surface area contributed by atoms with Crippen molar-refractivity contribution in [3.63, 3.8) is 0 Å². The van der Waals surface area contributed by atoms with Gasteiger partial charge in [0.2, 0.25) is 0 Å². The van der Waals surface area contributed by atoms with E-state index < -0.39 is 16.1 Å². The molecule has 3 rings (SSSR count). The van der Waals surface area contributed by atoms with E-state index in [2.05, 4.69) is 27.1 Å². The van der Waals surface area contributed by atoms with Gasteiger partial charge in [-0.2, -0.15) is 0 Å². The normalized spacial score (nSPS) is 16.0. The highest BCUT2D eigenvalue weighted by atomic mass is 32.2. The number of carbonyl (C=O) groups excluding carboxylic acids is 1. The molecule has 2 aromatic rings. The first-order valence-electron chi connectivity index (χ1n) is 9.09. The number of rotatable bonds is 5. The number of amides is 2. The fraction of sp³-hybridized carbons (Fsp3) is 0.350. The van der Waals surface area contributed by atoms with E-state index in [-0.39, 0.29) is 10.9 Å². The lowest BCUT2D eigenvalue weighted by Crippen LogP contribution is -2.48. The molecule has 0 bridgehead atoms. The minimum Gasteiger partial charge on any atom is -0.334 e. The number of likely N-dealkylation sites (tertiary alicyclic amines) is 1. The molecule has 0 aliphatic carbocycles. The van der Waals surface area contributed by atoms with Crippen molar-refractivity contribution in [1.82, 2.24) is 14.9 Å². The third kappa shape index (κ3) is 5.55. The molecule has 2 aromatic carbocycles. The van der Waals surface area contributed by atoms with Crippen molar-refractivity contribution in [1.29, 1.82) is 0 Å². The van der Waals surface area contributed by atoms with Crippen LogP contribution < -0.4 is 10.0 Å². The molecule has 1 saturated heterocycles. The Morgan fingerprint density at radius 3 is 2.30 bits per heavy atom. The van der Waals surface area contributed by atoms with Crippen molar-refractivity contribution in [3.05, 3.63) is 65.7 Å². The smallest absolute Gasteiger partial charge is 0.328 e. The number of urea groups is 1. The molecule has 6 nitrogen and oxygen atoms in total. The van der Waals surface area contributed by atoms with Gasteiger partial charge in [-0.1, -0.05) is 48.0 Å². The van der Waals surface area contributed by atoms with Crippen molar-refractivity contribution in [2.75, 3.05) is 13.1 Å². The van der Waals surface area contributed by atoms with Crippen LogP contribution in [0, 0.1) is 6.92 Å². The van der Waals surface area contributed by atoms with Gasteiger partial charge in [0.1, 0.15) is 0 Å². The molecule has 144 valence electrons. The van der Waals surface area contributed by atoms with Crippen molar-refractivity contribution in [3.8, 4) is 0 Å². The lowest BCUT2D eigenvalue weighted by molar-refractivity contribution is 0.188. The van der Waals surface area contributed by atoms with Crippen LogP contribution in [-0.2, 0) is 16.6 Å². The third-order valence-corrected chi connectivity index (χ3v) is 6.08. The van der Waals surface area contributed by atoms with E-state index in [4.69, 9.17) is 0 Å². The Kier molecular flexibility index (Phi) is 6.13. The largest absolute Gasteiger partial charge is 0.334 e. The fourth-order valence-corrected chi connectivity index (χ4v) is 4.11. The molecular formula is C20H25N3O3S. The van der Waals surface area contributed by atoms with Crippen LogP contribution in [0.25, 0.3) is 0 Å². The molecule has 7 heteroatoms. The average molecular weight is 388 g/mol. The summed E-state index contributed by atoms with van der Waals surface area (Å²) in [4.78, 5) is 14.6. The minimum absolute atomic E-state index is 0.0229. The van der Waals surface area contributed by atoms with Crippen LogP contribution in [0.15, 0.2) is 59.5 Å². The van der Waals surface area contributed by atoms with Crippen LogP contribution in [0.1, 0.15) is 24.0 Å². The number of nitrogens with one attached hydrogen (secondary N) is 2. The lowest BCUT2D eigenvalue weighted by atomic mass is 10.0. The number of aryl methyl sites for hydroxylation is 1. The molecule has 1 aliphatic rings. The maximum atomic E-state index is 12.3. The van der Waals surface area contributed by atoms with Gasteiger partial charge < -0.3 is 5.32 Å². The molecule has 0 saturated carbocycles. The summed E-state index contributed by atoms with van der Waals surface area (Å²) in [7, 11) is -3.85. The molecular weight excluding hydrogens is 362 g/mol. The van der Waals surface area contributed by atoms with Crippen LogP contribution in [0.3, 0.4) is 0 Å². The summed E-state index contributed by atoms with van der Waals surface area (Å²) < 4.78 is 26.6. The predicted octanol–water partition coefficient (Wildman–Crippen LogP) is 2.65. The highest BCUT2D eigenvalue weighted by molar-refractivity contribution is 7.90. The predicted molar refractivity (Wildman–Crippen MR) is 105 cm³/mol. The second-order valence-electron chi connectivity index (χ2n) is 6.93. The van der Waals surface area contributed by atoms with Gasteiger partial charge >= 0.3 is 6.03 Å². The van der Waals surface area contributed by atoms with Crippen LogP contribution in [-0.4, -0.2) is 38.5 Å². The Morgan fingerprint density at radius 1 is 1.04 bits per heavy atom. The highest BCUT2D eigenvalue weighted by Gasteiger charge is 2.23. The van der Waals surface area contributed by atoms with Gasteiger partial charge in [-0.25, -0.2) is 17.9 Å². The molecule has 27 heavy (non-hydrogen) atoms. The molecule has 1 aliphatic heterocycles. The zero-order valence-corrected chi connectivity index (χ0v) is 16.2. The van der Waals surface area contributed by atoms with Gasteiger partial charge in [0.25, 0.3) is 10.0 Å². The zero-order valence-electron chi connectivity index (χ0n) is 15.4. The second-order valence-corrected chi connectivity index (χ2v) is 8.61. The second kappa shape index (κ2) is 8.54. The first-order chi connectivity index (χ1) is 12.9. The van der Waals surface area contributed by atoms with Gasteiger partial charge in [-0.05, 0) is 37.5 Å². The molecule has 0 aromatic heterocycles. The van der Waals surface area contributed by atoms with E-state index in [0.29, 0.717) is 0 Å². The van der Waals surface area contributed by atoms with Crippen LogP contribution in [0.2, 0.25) is 0 Å². The van der Waals surface area contributed by atoms with Crippen LogP contribution >= 0.6 is 0 Å². The molecule has 1 heterocycles. The van der Waals surface area contributed by atoms with E-state index in [9.17, 15) is 13.2 Å². The van der Waals surface area contributed by atoms with Gasteiger partial charge in [-0.15, -0.1) is 0 Å². The summed E-state index contributed by atoms with van der Waals surface area (Å²) in [5.41, 5.74) is 2.23. The third-order valence-electron chi connectivity index (χ3n) is 4.73. The standard InChI is InChI=1S/C20H25N3O3S/c1-16-7-9-19(10-8-16)27(25,26)22-20(24)21-18-11-13-23(14-12-18)15-17-5-3-2-4-6-17/h2-10,18H,11-15H2,1H3,(H2,21,22,24). The number of carbonyl (C=O) groups is 1. The monoisotopic (exact) mass is 387 g/mol. The van der Waals surface area contributed by atoms with Crippen LogP contribution in [0.4, 0.5) is 4.79 Å². The van der Waals surface area contributed by atoms with E-state index in [1.165, 1.54) is 17.7 Å². The van der Waals surface area contributed by atoms with Crippen LogP contribution in [0.5, 0.6) is 0 Å². The van der Waals surface area contributed by atoms with Gasteiger partial charge in [0, 0.05) is 25.7 Å². The Labute approximate surface area is 160 Å². The minimum atomic E-state index is -3.85. The first kappa shape index (κ1) is 19.4. The molecule has 0 radical (unpaired) electrons. The maximum Gasteiger partial charge on any atom is 0.328 e. The summed E-state index contributed by atoms with van der Waals surface area (Å²) in [6.07, 6.45) is 1.59. The average Bonchev–Trinajstić information content (AvgIpc) is 2.64. The van der Waals surface area contributed by atoms with E-state index in [1.807, 2.05) is 25.1 Å². The summed E-state index contributed by atoms with van der Waals surface area (Å²) >= 11 is 0. The van der Waals surface area contributed by atoms with Gasteiger partial charge in [-0.3, -0.25) is 4.90 Å². The van der Waals surface area contributed by atoms with Crippen molar-refractivity contribution < 1.29 is 13.2 Å². The Morgan fingerprint density at radius 2 is 1.67 bits per heavy atom. The van der Waals surface area contributed by atoms with E-state index in [1.54, 1.807) is 12.1 Å². The van der Waals surface area contributed by atoms with Crippen molar-refractivity contribution >= 4 is 16.1 Å². The summed E-state index contributed by atoms with van der Waals surface area (Å²) in [6, 6.07) is 16.0. The van der Waals surface area contributed by atoms with Gasteiger partial charge in [0.15, 0.2) is 0 Å². The van der Waals surface area contributed by atoms with Crippen molar-refractivity contribution in [2.24, 2.45) is 0 Å². The molecule has 2 amide bonds. The number of hydrogen-bond acceptors (Lipinski definition) is 4. The number of piperidine rings is 1. The Bertz CT molecular complexity index is 859. The number of hydrogen-bond donors (Lipinski definition) is 2. The number of sulfonamides is 1. The quantitative estimate of drug-likeness (QED) is 0.827. The summed E-state index contributed by atoms with van der Waals surface area (Å²) in [6.45, 7) is 4.50. The molecule has 2 N–H and O–H groups in total. The summed E-state index contributed by atoms with van der Waals surface area (Å²) in [5.74, 6) is 0. The Balaban J connectivity index is 1.47. The fourth-order valence-electron chi connectivity index (χ4n) is 3.19. The lowest BCUT2D eigenvalue weighted by Gasteiger charge is -2.32. The van der Waals surface area contributed by atoms with E-state index in [0.717, 1.165) is 38.0 Å². The SMILES string of the molecule is Cc1ccc(S(=O)(=O)NC(=O)NC2CCN(Cc3ccccc3)CC2)cc1. The van der Waals surface area contributed by atoms with Gasteiger partial charge in [0.05, 0.1) is 4.90 Å². The molecule has 0 spiro atoms. The Hall–Kier alpha value is -2.38. The number of benzene rings is 2. The molecule has 1 fully saturated rings. The first-order valence-corrected chi connectivity index (χ1v) is 10.6. The molecule has 0 unspecified atom stereocenters. The number of nitrogens with zero attached hydrogens (tertiary/aromatic N) is 1. The van der Waals surface area contributed by atoms with E-state index >= 15 is 0 Å². The summed E-state index contributed by atoms with van der Waals surface area (Å²) in [5, 5.41) is 2.78. The zero-order chi connectivity index (χ0) is 19.3. The molecule has 0 atom stereocenters. The highest BCUT2D eigenvalue weighted by Crippen LogP contribution is 2.14. The maximum absolute atomic E-state index is 12.3. The van der Waals surface area contributed by atoms with Crippen molar-refractivity contribution in [2.45, 2.75) is 37.2 Å². The topological polar surface area (TPSA) is 78.5 Å².